The SMILES string of the molecule is Cc1nc(-c2ccc(C(F)(F)F)cc2F)sc1COS(C)(=O)=O. The molecule has 0 N–H and O–H groups in total. The first-order valence-corrected chi connectivity index (χ1v) is 8.78. The highest BCUT2D eigenvalue weighted by Gasteiger charge is 2.31. The Labute approximate surface area is 133 Å². The summed E-state index contributed by atoms with van der Waals surface area (Å²) in [6, 6.07) is 2.16. The van der Waals surface area contributed by atoms with Crippen LogP contribution in [0.15, 0.2) is 18.2 Å². The van der Waals surface area contributed by atoms with Crippen molar-refractivity contribution in [2.24, 2.45) is 0 Å². The van der Waals surface area contributed by atoms with E-state index in [1.54, 1.807) is 6.92 Å². The van der Waals surface area contributed by atoms with E-state index in [9.17, 15) is 26.0 Å². The molecule has 1 aromatic carbocycles. The molecule has 0 amide bonds. The molecule has 23 heavy (non-hydrogen) atoms. The lowest BCUT2D eigenvalue weighted by molar-refractivity contribution is -0.137. The van der Waals surface area contributed by atoms with E-state index in [0.717, 1.165) is 29.7 Å². The molecule has 0 fully saturated rings. The number of benzene rings is 1. The second-order valence-electron chi connectivity index (χ2n) is 4.69. The fourth-order valence-electron chi connectivity index (χ4n) is 1.70. The largest absolute Gasteiger partial charge is 0.416 e. The first-order chi connectivity index (χ1) is 10.5. The van der Waals surface area contributed by atoms with Gasteiger partial charge in [-0.1, -0.05) is 0 Å². The van der Waals surface area contributed by atoms with E-state index in [1.807, 2.05) is 0 Å². The summed E-state index contributed by atoms with van der Waals surface area (Å²) in [7, 11) is -3.64. The number of aryl methyl sites for hydroxylation is 1. The molecule has 1 aromatic heterocycles. The molecule has 0 atom stereocenters. The number of thiazole rings is 1. The van der Waals surface area contributed by atoms with Crippen LogP contribution in [-0.2, 0) is 27.1 Å². The summed E-state index contributed by atoms with van der Waals surface area (Å²) in [5, 5.41) is 0.154. The molecule has 0 radical (unpaired) electrons. The number of hydrogen-bond donors (Lipinski definition) is 0. The van der Waals surface area contributed by atoms with Crippen molar-refractivity contribution >= 4 is 21.5 Å². The van der Waals surface area contributed by atoms with Crippen LogP contribution in [0.4, 0.5) is 17.6 Å². The van der Waals surface area contributed by atoms with E-state index < -0.39 is 27.7 Å². The Morgan fingerprint density at radius 3 is 2.48 bits per heavy atom. The van der Waals surface area contributed by atoms with Gasteiger partial charge in [-0.3, -0.25) is 4.18 Å². The molecule has 0 bridgehead atoms. The van der Waals surface area contributed by atoms with Gasteiger partial charge >= 0.3 is 6.18 Å². The van der Waals surface area contributed by atoms with Gasteiger partial charge < -0.3 is 0 Å². The van der Waals surface area contributed by atoms with Crippen molar-refractivity contribution in [2.75, 3.05) is 6.26 Å². The van der Waals surface area contributed by atoms with Crippen molar-refractivity contribution in [3.63, 3.8) is 0 Å². The topological polar surface area (TPSA) is 56.3 Å². The van der Waals surface area contributed by atoms with Crippen LogP contribution in [0.3, 0.4) is 0 Å². The summed E-state index contributed by atoms with van der Waals surface area (Å²) in [5.74, 6) is -1.05. The number of rotatable bonds is 4. The Hall–Kier alpha value is -1.52. The average Bonchev–Trinajstić information content (AvgIpc) is 2.75. The molecule has 126 valence electrons. The lowest BCUT2D eigenvalue weighted by Crippen LogP contribution is -2.05. The quantitative estimate of drug-likeness (QED) is 0.608. The van der Waals surface area contributed by atoms with Crippen LogP contribution < -0.4 is 0 Å². The smallest absolute Gasteiger partial charge is 0.265 e. The van der Waals surface area contributed by atoms with E-state index in [0.29, 0.717) is 16.6 Å². The lowest BCUT2D eigenvalue weighted by atomic mass is 10.1. The van der Waals surface area contributed by atoms with Crippen molar-refractivity contribution in [3.05, 3.63) is 40.2 Å². The van der Waals surface area contributed by atoms with Crippen molar-refractivity contribution in [3.8, 4) is 10.6 Å². The fourth-order valence-corrected chi connectivity index (χ4v) is 3.11. The summed E-state index contributed by atoms with van der Waals surface area (Å²) in [4.78, 5) is 4.51. The minimum absolute atomic E-state index is 0.0864. The van der Waals surface area contributed by atoms with Crippen molar-refractivity contribution in [2.45, 2.75) is 19.7 Å². The second-order valence-corrected chi connectivity index (χ2v) is 7.41. The first kappa shape index (κ1) is 17.8. The molecule has 2 rings (SSSR count). The molecule has 0 aliphatic carbocycles. The Kier molecular flexibility index (Phi) is 4.79. The maximum atomic E-state index is 13.9. The van der Waals surface area contributed by atoms with E-state index in [1.165, 1.54) is 0 Å². The summed E-state index contributed by atoms with van der Waals surface area (Å²) in [5.41, 5.74) is -0.752. The molecular weight excluding hydrogens is 358 g/mol. The highest BCUT2D eigenvalue weighted by Crippen LogP contribution is 2.35. The fraction of sp³-hybridized carbons (Fsp3) is 0.308. The van der Waals surface area contributed by atoms with Crippen LogP contribution in [0.2, 0.25) is 0 Å². The zero-order valence-electron chi connectivity index (χ0n) is 11.9. The molecule has 0 saturated heterocycles. The second kappa shape index (κ2) is 6.17. The van der Waals surface area contributed by atoms with Gasteiger partial charge in [0.15, 0.2) is 0 Å². The van der Waals surface area contributed by atoms with E-state index in [4.69, 9.17) is 0 Å². The van der Waals surface area contributed by atoms with Crippen LogP contribution in [0.25, 0.3) is 10.6 Å². The summed E-state index contributed by atoms with van der Waals surface area (Å²) in [6.07, 6.45) is -3.74. The van der Waals surface area contributed by atoms with E-state index >= 15 is 0 Å². The average molecular weight is 369 g/mol. The molecule has 2 aromatic rings. The van der Waals surface area contributed by atoms with Crippen LogP contribution in [0.5, 0.6) is 0 Å². The standard InChI is InChI=1S/C13H11F4NO3S2/c1-7-11(6-21-23(2,19)20)22-12(18-7)9-4-3-8(5-10(9)14)13(15,16)17/h3-5H,6H2,1-2H3. The predicted molar refractivity (Wildman–Crippen MR) is 76.9 cm³/mol. The van der Waals surface area contributed by atoms with Crippen LogP contribution in [-0.4, -0.2) is 19.7 Å². The summed E-state index contributed by atoms with van der Waals surface area (Å²) >= 11 is 0.959. The Bertz CT molecular complexity index is 828. The van der Waals surface area contributed by atoms with Crippen LogP contribution in [0, 0.1) is 12.7 Å². The molecule has 10 heteroatoms. The normalized spacial score (nSPS) is 12.6. The number of aromatic nitrogens is 1. The van der Waals surface area contributed by atoms with Gasteiger partial charge in [0.25, 0.3) is 10.1 Å². The van der Waals surface area contributed by atoms with Crippen LogP contribution >= 0.6 is 11.3 Å². The zero-order chi connectivity index (χ0) is 17.4. The third kappa shape index (κ3) is 4.49. The number of hydrogen-bond acceptors (Lipinski definition) is 5. The van der Waals surface area contributed by atoms with Crippen molar-refractivity contribution in [1.29, 1.82) is 0 Å². The summed E-state index contributed by atoms with van der Waals surface area (Å²) in [6.45, 7) is 1.31. The highest BCUT2D eigenvalue weighted by molar-refractivity contribution is 7.85. The van der Waals surface area contributed by atoms with Crippen LogP contribution in [0.1, 0.15) is 16.1 Å². The van der Waals surface area contributed by atoms with Gasteiger partial charge in [0, 0.05) is 5.56 Å². The zero-order valence-corrected chi connectivity index (χ0v) is 13.6. The number of alkyl halides is 3. The monoisotopic (exact) mass is 369 g/mol. The summed E-state index contributed by atoms with van der Waals surface area (Å²) < 4.78 is 78.1. The van der Waals surface area contributed by atoms with Gasteiger partial charge in [0.2, 0.25) is 0 Å². The molecule has 0 saturated carbocycles. The maximum absolute atomic E-state index is 13.9. The van der Waals surface area contributed by atoms with E-state index in [-0.39, 0.29) is 17.2 Å². The Balaban J connectivity index is 2.33. The van der Waals surface area contributed by atoms with E-state index in [2.05, 4.69) is 9.17 Å². The molecule has 0 aliphatic rings. The minimum atomic E-state index is -4.63. The highest BCUT2D eigenvalue weighted by atomic mass is 32.2. The van der Waals surface area contributed by atoms with Gasteiger partial charge in [-0.2, -0.15) is 21.6 Å². The third-order valence-electron chi connectivity index (χ3n) is 2.82. The molecule has 0 spiro atoms. The van der Waals surface area contributed by atoms with Crippen molar-refractivity contribution < 1.29 is 30.2 Å². The molecule has 0 aliphatic heterocycles. The Morgan fingerprint density at radius 2 is 1.96 bits per heavy atom. The number of halogens is 4. The predicted octanol–water partition coefficient (Wildman–Crippen LogP) is 3.75. The van der Waals surface area contributed by atoms with Crippen molar-refractivity contribution in [1.82, 2.24) is 4.98 Å². The maximum Gasteiger partial charge on any atom is 0.416 e. The first-order valence-electron chi connectivity index (χ1n) is 6.15. The van der Waals surface area contributed by atoms with Gasteiger partial charge in [-0.25, -0.2) is 9.37 Å². The minimum Gasteiger partial charge on any atom is -0.265 e. The molecular formula is C13H11F4NO3S2. The third-order valence-corrected chi connectivity index (χ3v) is 4.53. The van der Waals surface area contributed by atoms with Gasteiger partial charge in [0.1, 0.15) is 17.4 Å². The molecule has 4 nitrogen and oxygen atoms in total. The molecule has 1 heterocycles. The van der Waals surface area contributed by atoms with Gasteiger partial charge in [-0.05, 0) is 25.1 Å². The van der Waals surface area contributed by atoms with Gasteiger partial charge in [0.05, 0.1) is 22.4 Å². The van der Waals surface area contributed by atoms with Gasteiger partial charge in [-0.15, -0.1) is 11.3 Å². The number of nitrogens with zero attached hydrogens (tertiary/aromatic N) is 1. The Morgan fingerprint density at radius 1 is 1.30 bits per heavy atom. The molecule has 0 unspecified atom stereocenters. The lowest BCUT2D eigenvalue weighted by Gasteiger charge is -2.07.